The van der Waals surface area contributed by atoms with E-state index in [0.717, 1.165) is 0 Å². The first-order valence-electron chi connectivity index (χ1n) is 4.17. The van der Waals surface area contributed by atoms with Gasteiger partial charge in [-0.25, -0.2) is 0 Å². The SMILES string of the molecule is NCCOCc1nc(CC(F)(F)F)no1. The van der Waals surface area contributed by atoms with E-state index in [0.29, 0.717) is 6.54 Å². The molecular formula is C7H10F3N3O2. The summed E-state index contributed by atoms with van der Waals surface area (Å²) in [6, 6.07) is 0. The zero-order valence-corrected chi connectivity index (χ0v) is 7.75. The Balaban J connectivity index is 2.42. The summed E-state index contributed by atoms with van der Waals surface area (Å²) in [4.78, 5) is 3.50. The quantitative estimate of drug-likeness (QED) is 0.744. The molecule has 0 aliphatic carbocycles. The third-order valence-corrected chi connectivity index (χ3v) is 1.36. The average molecular weight is 225 g/mol. The van der Waals surface area contributed by atoms with Crippen molar-refractivity contribution in [3.8, 4) is 0 Å². The largest absolute Gasteiger partial charge is 0.396 e. The highest BCUT2D eigenvalue weighted by Crippen LogP contribution is 2.19. The van der Waals surface area contributed by atoms with Crippen molar-refractivity contribution in [2.45, 2.75) is 19.2 Å². The smallest absolute Gasteiger partial charge is 0.370 e. The Labute approximate surface area is 83.4 Å². The third kappa shape index (κ3) is 4.75. The molecule has 1 aromatic heterocycles. The fourth-order valence-electron chi connectivity index (χ4n) is 0.843. The van der Waals surface area contributed by atoms with Crippen LogP contribution in [0.4, 0.5) is 13.2 Å². The van der Waals surface area contributed by atoms with Gasteiger partial charge in [0.15, 0.2) is 5.82 Å². The summed E-state index contributed by atoms with van der Waals surface area (Å²) < 4.78 is 45.1. The van der Waals surface area contributed by atoms with Crippen LogP contribution in [0.15, 0.2) is 4.52 Å². The monoisotopic (exact) mass is 225 g/mol. The number of hydrogen-bond acceptors (Lipinski definition) is 5. The van der Waals surface area contributed by atoms with Crippen molar-refractivity contribution in [3.63, 3.8) is 0 Å². The highest BCUT2D eigenvalue weighted by Gasteiger charge is 2.30. The number of nitrogens with zero attached hydrogens (tertiary/aromatic N) is 2. The van der Waals surface area contributed by atoms with E-state index in [-0.39, 0.29) is 19.1 Å². The van der Waals surface area contributed by atoms with Crippen LogP contribution in [-0.4, -0.2) is 29.5 Å². The lowest BCUT2D eigenvalue weighted by Gasteiger charge is -1.99. The number of rotatable bonds is 5. The van der Waals surface area contributed by atoms with Gasteiger partial charge in [0.05, 0.1) is 6.61 Å². The second kappa shape index (κ2) is 5.08. The van der Waals surface area contributed by atoms with Crippen LogP contribution in [0.1, 0.15) is 11.7 Å². The minimum atomic E-state index is -4.33. The molecule has 0 saturated carbocycles. The summed E-state index contributed by atoms with van der Waals surface area (Å²) in [5.41, 5.74) is 5.14. The van der Waals surface area contributed by atoms with Gasteiger partial charge < -0.3 is 15.0 Å². The summed E-state index contributed by atoms with van der Waals surface area (Å²) in [6.07, 6.45) is -5.54. The highest BCUT2D eigenvalue weighted by atomic mass is 19.4. The predicted octanol–water partition coefficient (Wildman–Crippen LogP) is 0.650. The molecule has 0 amide bonds. The molecule has 0 bridgehead atoms. The Kier molecular flexibility index (Phi) is 4.04. The summed E-state index contributed by atoms with van der Waals surface area (Å²) in [7, 11) is 0. The lowest BCUT2D eigenvalue weighted by Crippen LogP contribution is -2.12. The van der Waals surface area contributed by atoms with E-state index in [1.165, 1.54) is 0 Å². The van der Waals surface area contributed by atoms with Crippen molar-refractivity contribution < 1.29 is 22.4 Å². The van der Waals surface area contributed by atoms with Crippen molar-refractivity contribution in [1.29, 1.82) is 0 Å². The Hall–Kier alpha value is -1.15. The van der Waals surface area contributed by atoms with Gasteiger partial charge in [-0.3, -0.25) is 0 Å². The number of halogens is 3. The fraction of sp³-hybridized carbons (Fsp3) is 0.714. The molecule has 0 aliphatic rings. The molecule has 0 spiro atoms. The molecule has 0 saturated heterocycles. The number of aromatic nitrogens is 2. The van der Waals surface area contributed by atoms with E-state index < -0.39 is 18.4 Å². The Morgan fingerprint density at radius 2 is 2.13 bits per heavy atom. The lowest BCUT2D eigenvalue weighted by molar-refractivity contribution is -0.128. The molecule has 2 N–H and O–H groups in total. The van der Waals surface area contributed by atoms with Gasteiger partial charge >= 0.3 is 6.18 Å². The van der Waals surface area contributed by atoms with Crippen molar-refractivity contribution >= 4 is 0 Å². The summed E-state index contributed by atoms with van der Waals surface area (Å²) in [5.74, 6) is -0.378. The average Bonchev–Trinajstić information content (AvgIpc) is 2.50. The highest BCUT2D eigenvalue weighted by molar-refractivity contribution is 4.87. The molecule has 8 heteroatoms. The van der Waals surface area contributed by atoms with Crippen LogP contribution in [0.2, 0.25) is 0 Å². The van der Waals surface area contributed by atoms with Crippen LogP contribution < -0.4 is 5.73 Å². The zero-order chi connectivity index (χ0) is 11.3. The maximum atomic E-state index is 11.9. The van der Waals surface area contributed by atoms with Gasteiger partial charge in [0.2, 0.25) is 0 Å². The second-order valence-electron chi connectivity index (χ2n) is 2.74. The van der Waals surface area contributed by atoms with E-state index in [2.05, 4.69) is 14.7 Å². The molecule has 0 atom stereocenters. The molecule has 1 rings (SSSR count). The van der Waals surface area contributed by atoms with Crippen LogP contribution in [0, 0.1) is 0 Å². The Bertz CT molecular complexity index is 300. The maximum absolute atomic E-state index is 11.9. The number of ether oxygens (including phenoxy) is 1. The van der Waals surface area contributed by atoms with Crippen LogP contribution in [-0.2, 0) is 17.8 Å². The van der Waals surface area contributed by atoms with Crippen LogP contribution in [0.25, 0.3) is 0 Å². The van der Waals surface area contributed by atoms with Gasteiger partial charge in [0, 0.05) is 6.54 Å². The molecule has 0 aromatic carbocycles. The van der Waals surface area contributed by atoms with Crippen LogP contribution in [0.3, 0.4) is 0 Å². The molecule has 5 nitrogen and oxygen atoms in total. The molecule has 0 aliphatic heterocycles. The minimum Gasteiger partial charge on any atom is -0.370 e. The topological polar surface area (TPSA) is 74.2 Å². The van der Waals surface area contributed by atoms with E-state index in [4.69, 9.17) is 10.5 Å². The maximum Gasteiger partial charge on any atom is 0.396 e. The van der Waals surface area contributed by atoms with E-state index in [1.807, 2.05) is 0 Å². The number of alkyl halides is 3. The van der Waals surface area contributed by atoms with Crippen molar-refractivity contribution in [3.05, 3.63) is 11.7 Å². The molecule has 0 radical (unpaired) electrons. The minimum absolute atomic E-state index is 0.0164. The van der Waals surface area contributed by atoms with E-state index >= 15 is 0 Å². The number of hydrogen-bond donors (Lipinski definition) is 1. The van der Waals surface area contributed by atoms with E-state index in [1.54, 1.807) is 0 Å². The Morgan fingerprint density at radius 3 is 2.73 bits per heavy atom. The van der Waals surface area contributed by atoms with Crippen LogP contribution >= 0.6 is 0 Å². The molecule has 0 unspecified atom stereocenters. The Morgan fingerprint density at radius 1 is 1.40 bits per heavy atom. The fourth-order valence-corrected chi connectivity index (χ4v) is 0.843. The number of nitrogens with two attached hydrogens (primary N) is 1. The molecular weight excluding hydrogens is 215 g/mol. The van der Waals surface area contributed by atoms with Crippen LogP contribution in [0.5, 0.6) is 0 Å². The standard InChI is InChI=1S/C7H10F3N3O2/c8-7(9,10)3-5-12-6(15-13-5)4-14-2-1-11/h1-4,11H2. The van der Waals surface area contributed by atoms with Crippen molar-refractivity contribution in [2.24, 2.45) is 5.73 Å². The van der Waals surface area contributed by atoms with Gasteiger partial charge in [0.1, 0.15) is 13.0 Å². The zero-order valence-electron chi connectivity index (χ0n) is 7.75. The summed E-state index contributed by atoms with van der Waals surface area (Å²) in [5, 5.41) is 3.16. The first-order chi connectivity index (χ1) is 7.01. The van der Waals surface area contributed by atoms with Gasteiger partial charge in [-0.15, -0.1) is 0 Å². The predicted molar refractivity (Wildman–Crippen MR) is 42.8 cm³/mol. The van der Waals surface area contributed by atoms with Gasteiger partial charge in [-0.1, -0.05) is 5.16 Å². The molecule has 1 heterocycles. The summed E-state index contributed by atoms with van der Waals surface area (Å²) in [6.45, 7) is 0.586. The molecule has 0 fully saturated rings. The van der Waals surface area contributed by atoms with Gasteiger partial charge in [-0.05, 0) is 0 Å². The lowest BCUT2D eigenvalue weighted by atomic mass is 10.4. The van der Waals surface area contributed by atoms with Crippen molar-refractivity contribution in [1.82, 2.24) is 10.1 Å². The first-order valence-corrected chi connectivity index (χ1v) is 4.17. The summed E-state index contributed by atoms with van der Waals surface area (Å²) >= 11 is 0. The normalized spacial score (nSPS) is 12.0. The second-order valence-corrected chi connectivity index (χ2v) is 2.74. The van der Waals surface area contributed by atoms with Crippen molar-refractivity contribution in [2.75, 3.05) is 13.2 Å². The van der Waals surface area contributed by atoms with Gasteiger partial charge in [-0.2, -0.15) is 18.2 Å². The molecule has 1 aromatic rings. The molecule has 86 valence electrons. The first kappa shape index (κ1) is 11.9. The van der Waals surface area contributed by atoms with Gasteiger partial charge in [0.25, 0.3) is 5.89 Å². The third-order valence-electron chi connectivity index (χ3n) is 1.36. The molecule has 15 heavy (non-hydrogen) atoms. The van der Waals surface area contributed by atoms with E-state index in [9.17, 15) is 13.2 Å².